The van der Waals surface area contributed by atoms with Gasteiger partial charge in [0, 0.05) is 18.6 Å². The van der Waals surface area contributed by atoms with E-state index in [0.717, 1.165) is 13.1 Å². The molecule has 0 saturated carbocycles. The number of hydrogen-bond acceptors (Lipinski definition) is 3. The lowest BCUT2D eigenvalue weighted by molar-refractivity contribution is 0.117. The van der Waals surface area contributed by atoms with Crippen molar-refractivity contribution in [2.24, 2.45) is 5.92 Å². The maximum atomic E-state index is 11.4. The Bertz CT molecular complexity index is 232. The molecule has 80 valence electrons. The Balaban J connectivity index is 2.06. The highest BCUT2D eigenvalue weighted by atomic mass is 16.5. The molecule has 0 bridgehead atoms. The van der Waals surface area contributed by atoms with Crippen molar-refractivity contribution >= 4 is 6.09 Å². The SMILES string of the molecule is COC(=O)N1CC2NCCCC2C1C. The van der Waals surface area contributed by atoms with Crippen molar-refractivity contribution in [2.75, 3.05) is 20.2 Å². The van der Waals surface area contributed by atoms with Crippen LogP contribution < -0.4 is 5.32 Å². The molecule has 2 aliphatic heterocycles. The third-order valence-electron chi connectivity index (χ3n) is 3.55. The Morgan fingerprint density at radius 3 is 3.00 bits per heavy atom. The van der Waals surface area contributed by atoms with Gasteiger partial charge in [0.15, 0.2) is 0 Å². The van der Waals surface area contributed by atoms with Gasteiger partial charge in [-0.1, -0.05) is 0 Å². The second kappa shape index (κ2) is 3.77. The molecule has 1 N–H and O–H groups in total. The Kier molecular flexibility index (Phi) is 2.63. The van der Waals surface area contributed by atoms with E-state index in [-0.39, 0.29) is 6.09 Å². The minimum absolute atomic E-state index is 0.186. The Labute approximate surface area is 84.6 Å². The molecule has 0 aliphatic carbocycles. The third-order valence-corrected chi connectivity index (χ3v) is 3.55. The van der Waals surface area contributed by atoms with E-state index in [1.165, 1.54) is 20.0 Å². The van der Waals surface area contributed by atoms with E-state index in [4.69, 9.17) is 4.74 Å². The second-order valence-electron chi connectivity index (χ2n) is 4.23. The van der Waals surface area contributed by atoms with Crippen molar-refractivity contribution in [1.82, 2.24) is 10.2 Å². The van der Waals surface area contributed by atoms with E-state index in [0.29, 0.717) is 18.0 Å². The summed E-state index contributed by atoms with van der Waals surface area (Å²) in [5.41, 5.74) is 0. The van der Waals surface area contributed by atoms with Crippen LogP contribution in [0.4, 0.5) is 4.79 Å². The predicted molar refractivity (Wildman–Crippen MR) is 53.1 cm³/mol. The lowest BCUT2D eigenvalue weighted by Crippen LogP contribution is -2.41. The summed E-state index contributed by atoms with van der Waals surface area (Å²) in [6.07, 6.45) is 2.26. The Morgan fingerprint density at radius 2 is 2.36 bits per heavy atom. The maximum Gasteiger partial charge on any atom is 0.409 e. The van der Waals surface area contributed by atoms with Crippen molar-refractivity contribution < 1.29 is 9.53 Å². The summed E-state index contributed by atoms with van der Waals surface area (Å²) in [4.78, 5) is 13.3. The first kappa shape index (κ1) is 9.77. The van der Waals surface area contributed by atoms with Gasteiger partial charge in [-0.2, -0.15) is 0 Å². The number of hydrogen-bond donors (Lipinski definition) is 1. The molecule has 0 spiro atoms. The minimum atomic E-state index is -0.186. The zero-order valence-electron chi connectivity index (χ0n) is 8.82. The highest BCUT2D eigenvalue weighted by Gasteiger charge is 2.42. The van der Waals surface area contributed by atoms with Gasteiger partial charge in [-0.25, -0.2) is 4.79 Å². The van der Waals surface area contributed by atoms with Crippen molar-refractivity contribution in [1.29, 1.82) is 0 Å². The molecule has 2 rings (SSSR count). The van der Waals surface area contributed by atoms with Crippen molar-refractivity contribution in [3.63, 3.8) is 0 Å². The molecule has 4 heteroatoms. The highest BCUT2D eigenvalue weighted by molar-refractivity contribution is 5.68. The second-order valence-corrected chi connectivity index (χ2v) is 4.23. The average molecular weight is 198 g/mol. The van der Waals surface area contributed by atoms with E-state index in [1.54, 1.807) is 0 Å². The first-order chi connectivity index (χ1) is 6.74. The van der Waals surface area contributed by atoms with Gasteiger partial charge in [-0.3, -0.25) is 0 Å². The zero-order chi connectivity index (χ0) is 10.1. The maximum absolute atomic E-state index is 11.4. The standard InChI is InChI=1S/C10H18N2O2/c1-7-8-4-3-5-11-9(8)6-12(7)10(13)14-2/h7-9,11H,3-6H2,1-2H3. The first-order valence-electron chi connectivity index (χ1n) is 5.32. The number of likely N-dealkylation sites (tertiary alicyclic amines) is 1. The lowest BCUT2D eigenvalue weighted by Gasteiger charge is -2.27. The summed E-state index contributed by atoms with van der Waals surface area (Å²) < 4.78 is 4.77. The number of nitrogens with zero attached hydrogens (tertiary/aromatic N) is 1. The number of nitrogens with one attached hydrogen (secondary N) is 1. The quantitative estimate of drug-likeness (QED) is 0.626. The minimum Gasteiger partial charge on any atom is -0.453 e. The monoisotopic (exact) mass is 198 g/mol. The lowest BCUT2D eigenvalue weighted by atomic mass is 9.89. The van der Waals surface area contributed by atoms with Gasteiger partial charge in [0.2, 0.25) is 0 Å². The number of carbonyl (C=O) groups excluding carboxylic acids is 1. The summed E-state index contributed by atoms with van der Waals surface area (Å²) in [5.74, 6) is 0.614. The molecular formula is C10H18N2O2. The van der Waals surface area contributed by atoms with E-state index in [1.807, 2.05) is 4.90 Å². The molecule has 0 aromatic heterocycles. The molecule has 0 radical (unpaired) electrons. The van der Waals surface area contributed by atoms with Gasteiger partial charge in [-0.05, 0) is 32.2 Å². The van der Waals surface area contributed by atoms with Crippen LogP contribution in [-0.4, -0.2) is 43.3 Å². The molecule has 2 aliphatic rings. The van der Waals surface area contributed by atoms with Gasteiger partial charge in [0.25, 0.3) is 0 Å². The van der Waals surface area contributed by atoms with Crippen molar-refractivity contribution in [2.45, 2.75) is 31.8 Å². The van der Waals surface area contributed by atoms with Crippen molar-refractivity contribution in [3.8, 4) is 0 Å². The zero-order valence-corrected chi connectivity index (χ0v) is 8.82. The molecule has 0 aromatic carbocycles. The summed E-state index contributed by atoms with van der Waals surface area (Å²) in [6.45, 7) is 4.01. The fourth-order valence-corrected chi connectivity index (χ4v) is 2.72. The molecule has 3 atom stereocenters. The van der Waals surface area contributed by atoms with Gasteiger partial charge >= 0.3 is 6.09 Å². The van der Waals surface area contributed by atoms with Crippen LogP contribution in [0, 0.1) is 5.92 Å². The number of carbonyl (C=O) groups is 1. The van der Waals surface area contributed by atoms with Crippen LogP contribution >= 0.6 is 0 Å². The van der Waals surface area contributed by atoms with Gasteiger partial charge < -0.3 is 15.0 Å². The number of piperidine rings is 1. The molecule has 14 heavy (non-hydrogen) atoms. The smallest absolute Gasteiger partial charge is 0.409 e. The number of fused-ring (bicyclic) bond motifs is 1. The molecule has 2 heterocycles. The van der Waals surface area contributed by atoms with E-state index < -0.39 is 0 Å². The number of rotatable bonds is 0. The van der Waals surface area contributed by atoms with Crippen LogP contribution in [0.2, 0.25) is 0 Å². The topological polar surface area (TPSA) is 41.6 Å². The molecule has 2 fully saturated rings. The van der Waals surface area contributed by atoms with Gasteiger partial charge in [0.1, 0.15) is 0 Å². The van der Waals surface area contributed by atoms with Gasteiger partial charge in [0.05, 0.1) is 7.11 Å². The Hall–Kier alpha value is -0.770. The summed E-state index contributed by atoms with van der Waals surface area (Å²) in [6, 6.07) is 0.804. The van der Waals surface area contributed by atoms with Crippen molar-refractivity contribution in [3.05, 3.63) is 0 Å². The van der Waals surface area contributed by atoms with Crippen LogP contribution in [0.25, 0.3) is 0 Å². The van der Waals surface area contributed by atoms with E-state index in [2.05, 4.69) is 12.2 Å². The normalized spacial score (nSPS) is 36.7. The van der Waals surface area contributed by atoms with Gasteiger partial charge in [-0.15, -0.1) is 0 Å². The molecule has 1 amide bonds. The fraction of sp³-hybridized carbons (Fsp3) is 0.900. The van der Waals surface area contributed by atoms with Crippen LogP contribution in [0.5, 0.6) is 0 Å². The summed E-state index contributed by atoms with van der Waals surface area (Å²) in [5, 5.41) is 3.47. The highest BCUT2D eigenvalue weighted by Crippen LogP contribution is 2.31. The number of methoxy groups -OCH3 is 1. The van der Waals surface area contributed by atoms with E-state index >= 15 is 0 Å². The largest absolute Gasteiger partial charge is 0.453 e. The fourth-order valence-electron chi connectivity index (χ4n) is 2.72. The first-order valence-corrected chi connectivity index (χ1v) is 5.32. The molecule has 2 saturated heterocycles. The molecule has 4 nitrogen and oxygen atoms in total. The van der Waals surface area contributed by atoms with Crippen LogP contribution in [-0.2, 0) is 4.74 Å². The van der Waals surface area contributed by atoms with Crippen LogP contribution in [0.3, 0.4) is 0 Å². The van der Waals surface area contributed by atoms with E-state index in [9.17, 15) is 4.79 Å². The number of ether oxygens (including phenoxy) is 1. The molecule has 0 aromatic rings. The third kappa shape index (κ3) is 1.47. The van der Waals surface area contributed by atoms with Crippen LogP contribution in [0.1, 0.15) is 19.8 Å². The molecule has 3 unspecified atom stereocenters. The summed E-state index contributed by atoms with van der Waals surface area (Å²) in [7, 11) is 1.45. The predicted octanol–water partition coefficient (Wildman–Crippen LogP) is 0.825. The average Bonchev–Trinajstić information content (AvgIpc) is 2.56. The van der Waals surface area contributed by atoms with Crippen LogP contribution in [0.15, 0.2) is 0 Å². The Morgan fingerprint density at radius 1 is 1.57 bits per heavy atom. The number of amides is 1. The molecular weight excluding hydrogens is 180 g/mol. The summed E-state index contributed by atoms with van der Waals surface area (Å²) >= 11 is 0.